The summed E-state index contributed by atoms with van der Waals surface area (Å²) in [5.74, 6) is 0.817. The topological polar surface area (TPSA) is 70.0 Å². The van der Waals surface area contributed by atoms with Gasteiger partial charge in [-0.3, -0.25) is 9.67 Å². The summed E-state index contributed by atoms with van der Waals surface area (Å²) < 4.78 is 1.90. The predicted octanol–water partition coefficient (Wildman–Crippen LogP) is 1.77. The third-order valence-electron chi connectivity index (χ3n) is 3.78. The van der Waals surface area contributed by atoms with E-state index in [1.54, 1.807) is 13.2 Å². The van der Waals surface area contributed by atoms with E-state index in [0.29, 0.717) is 0 Å². The van der Waals surface area contributed by atoms with Crippen LogP contribution in [-0.4, -0.2) is 40.9 Å². The second kappa shape index (κ2) is 7.49. The van der Waals surface area contributed by atoms with Crippen molar-refractivity contribution in [2.24, 2.45) is 4.99 Å². The van der Waals surface area contributed by atoms with Crippen molar-refractivity contribution in [1.82, 2.24) is 25.4 Å². The Bertz CT molecular complexity index is 756. The maximum atomic E-state index is 4.24. The van der Waals surface area contributed by atoms with E-state index < -0.39 is 0 Å². The van der Waals surface area contributed by atoms with Gasteiger partial charge in [-0.25, -0.2) is 0 Å². The Morgan fingerprint density at radius 3 is 2.91 bits per heavy atom. The quantitative estimate of drug-likeness (QED) is 0.480. The summed E-state index contributed by atoms with van der Waals surface area (Å²) in [5.41, 5.74) is 2.50. The average Bonchev–Trinajstić information content (AvgIpc) is 3.23. The zero-order valence-electron chi connectivity index (χ0n) is 13.3. The van der Waals surface area contributed by atoms with Crippen molar-refractivity contribution in [2.45, 2.75) is 13.0 Å². The molecule has 0 radical (unpaired) electrons. The predicted molar refractivity (Wildman–Crippen MR) is 93.6 cm³/mol. The van der Waals surface area contributed by atoms with Gasteiger partial charge in [0.1, 0.15) is 0 Å². The minimum absolute atomic E-state index is 0.786. The van der Waals surface area contributed by atoms with Crippen LogP contribution in [0.3, 0.4) is 0 Å². The van der Waals surface area contributed by atoms with Crippen LogP contribution in [0, 0.1) is 0 Å². The minimum atomic E-state index is 0.786. The average molecular weight is 310 g/mol. The lowest BCUT2D eigenvalue weighted by molar-refractivity contribution is 0.598. The summed E-state index contributed by atoms with van der Waals surface area (Å²) >= 11 is 0. The van der Waals surface area contributed by atoms with Gasteiger partial charge in [-0.05, 0) is 24.1 Å². The number of hydrogen-bond donors (Lipinski definition) is 3. The monoisotopic (exact) mass is 310 g/mol. The molecule has 0 unspecified atom stereocenters. The largest absolute Gasteiger partial charge is 0.361 e. The lowest BCUT2D eigenvalue weighted by Crippen LogP contribution is -2.39. The van der Waals surface area contributed by atoms with Crippen molar-refractivity contribution in [3.05, 3.63) is 54.5 Å². The van der Waals surface area contributed by atoms with Gasteiger partial charge in [-0.2, -0.15) is 5.10 Å². The van der Waals surface area contributed by atoms with Gasteiger partial charge in [-0.1, -0.05) is 18.2 Å². The first kappa shape index (κ1) is 15.1. The van der Waals surface area contributed by atoms with Gasteiger partial charge < -0.3 is 15.6 Å². The number of fused-ring (bicyclic) bond motifs is 1. The van der Waals surface area contributed by atoms with E-state index in [-0.39, 0.29) is 0 Å². The number of H-pyrrole nitrogens is 1. The highest BCUT2D eigenvalue weighted by molar-refractivity contribution is 5.83. The molecule has 0 bridgehead atoms. The molecular formula is C17H22N6. The van der Waals surface area contributed by atoms with Crippen LogP contribution in [0.5, 0.6) is 0 Å². The standard InChI is InChI=1S/C17H22N6/c1-18-17(20-10-12-23-11-4-8-22-23)19-9-7-14-13-21-16-6-3-2-5-15(14)16/h2-6,8,11,13,21H,7,9-10,12H2,1H3,(H2,18,19,20). The number of nitrogens with one attached hydrogen (secondary N) is 3. The van der Waals surface area contributed by atoms with Crippen LogP contribution in [-0.2, 0) is 13.0 Å². The zero-order valence-corrected chi connectivity index (χ0v) is 13.3. The molecule has 0 amide bonds. The third-order valence-corrected chi connectivity index (χ3v) is 3.78. The number of hydrogen-bond acceptors (Lipinski definition) is 2. The van der Waals surface area contributed by atoms with Crippen LogP contribution >= 0.6 is 0 Å². The number of para-hydroxylation sites is 1. The molecule has 0 saturated carbocycles. The first-order chi connectivity index (χ1) is 11.4. The smallest absolute Gasteiger partial charge is 0.191 e. The Kier molecular flexibility index (Phi) is 4.93. The van der Waals surface area contributed by atoms with Crippen molar-refractivity contribution in [1.29, 1.82) is 0 Å². The Labute approximate surface area is 135 Å². The Morgan fingerprint density at radius 2 is 2.09 bits per heavy atom. The summed E-state index contributed by atoms with van der Waals surface area (Å²) in [6.45, 7) is 2.44. The van der Waals surface area contributed by atoms with Crippen molar-refractivity contribution in [2.75, 3.05) is 20.1 Å². The second-order valence-corrected chi connectivity index (χ2v) is 5.30. The van der Waals surface area contributed by atoms with Crippen molar-refractivity contribution >= 4 is 16.9 Å². The minimum Gasteiger partial charge on any atom is -0.361 e. The van der Waals surface area contributed by atoms with Crippen LogP contribution in [0.25, 0.3) is 10.9 Å². The molecule has 0 saturated heterocycles. The van der Waals surface area contributed by atoms with E-state index in [1.165, 1.54) is 16.5 Å². The Balaban J connectivity index is 1.45. The molecule has 2 heterocycles. The highest BCUT2D eigenvalue weighted by Gasteiger charge is 2.03. The number of aromatic amines is 1. The normalized spacial score (nSPS) is 11.8. The van der Waals surface area contributed by atoms with Gasteiger partial charge in [0.15, 0.2) is 5.96 Å². The molecule has 3 N–H and O–H groups in total. The van der Waals surface area contributed by atoms with Gasteiger partial charge in [-0.15, -0.1) is 0 Å². The molecular weight excluding hydrogens is 288 g/mol. The molecule has 0 spiro atoms. The highest BCUT2D eigenvalue weighted by Crippen LogP contribution is 2.17. The first-order valence-corrected chi connectivity index (χ1v) is 7.84. The van der Waals surface area contributed by atoms with E-state index in [4.69, 9.17) is 0 Å². The number of benzene rings is 1. The lowest BCUT2D eigenvalue weighted by atomic mass is 10.1. The molecule has 2 aromatic heterocycles. The Morgan fingerprint density at radius 1 is 1.22 bits per heavy atom. The molecule has 3 rings (SSSR count). The summed E-state index contributed by atoms with van der Waals surface area (Å²) in [7, 11) is 1.79. The van der Waals surface area contributed by atoms with Crippen LogP contribution in [0.2, 0.25) is 0 Å². The zero-order chi connectivity index (χ0) is 15.9. The summed E-state index contributed by atoms with van der Waals surface area (Å²) in [6, 6.07) is 10.3. The number of guanidine groups is 1. The molecule has 0 fully saturated rings. The molecule has 23 heavy (non-hydrogen) atoms. The molecule has 1 aromatic carbocycles. The number of nitrogens with zero attached hydrogens (tertiary/aromatic N) is 3. The van der Waals surface area contributed by atoms with E-state index in [1.807, 2.05) is 23.0 Å². The fraction of sp³-hybridized carbons (Fsp3) is 0.294. The Hall–Kier alpha value is -2.76. The van der Waals surface area contributed by atoms with Gasteiger partial charge in [0.05, 0.1) is 6.54 Å². The van der Waals surface area contributed by atoms with E-state index in [0.717, 1.165) is 32.0 Å². The fourth-order valence-electron chi connectivity index (χ4n) is 2.60. The molecule has 0 aliphatic rings. The molecule has 3 aromatic rings. The van der Waals surface area contributed by atoms with E-state index in [9.17, 15) is 0 Å². The lowest BCUT2D eigenvalue weighted by Gasteiger charge is -2.11. The van der Waals surface area contributed by atoms with Gasteiger partial charge in [0, 0.05) is 49.6 Å². The van der Waals surface area contributed by atoms with Gasteiger partial charge >= 0.3 is 0 Å². The van der Waals surface area contributed by atoms with Gasteiger partial charge in [0.2, 0.25) is 0 Å². The first-order valence-electron chi connectivity index (χ1n) is 7.84. The molecule has 6 heteroatoms. The number of aromatic nitrogens is 3. The highest BCUT2D eigenvalue weighted by atomic mass is 15.3. The van der Waals surface area contributed by atoms with Crippen molar-refractivity contribution in [3.8, 4) is 0 Å². The molecule has 0 atom stereocenters. The summed E-state index contributed by atoms with van der Waals surface area (Å²) in [6.07, 6.45) is 6.77. The number of aliphatic imine (C=N–C) groups is 1. The summed E-state index contributed by atoms with van der Waals surface area (Å²) in [5, 5.41) is 12.1. The third kappa shape index (κ3) is 3.91. The molecule has 120 valence electrons. The van der Waals surface area contributed by atoms with E-state index in [2.05, 4.69) is 50.1 Å². The van der Waals surface area contributed by atoms with E-state index >= 15 is 0 Å². The summed E-state index contributed by atoms with van der Waals surface area (Å²) in [4.78, 5) is 7.55. The van der Waals surface area contributed by atoms with Crippen LogP contribution < -0.4 is 10.6 Å². The van der Waals surface area contributed by atoms with Gasteiger partial charge in [0.25, 0.3) is 0 Å². The van der Waals surface area contributed by atoms with Crippen LogP contribution in [0.4, 0.5) is 0 Å². The molecule has 0 aliphatic carbocycles. The number of rotatable bonds is 6. The molecule has 6 nitrogen and oxygen atoms in total. The fourth-order valence-corrected chi connectivity index (χ4v) is 2.60. The van der Waals surface area contributed by atoms with Crippen LogP contribution in [0.15, 0.2) is 53.9 Å². The maximum absolute atomic E-state index is 4.24. The molecule has 0 aliphatic heterocycles. The second-order valence-electron chi connectivity index (χ2n) is 5.30. The van der Waals surface area contributed by atoms with Crippen LogP contribution in [0.1, 0.15) is 5.56 Å². The maximum Gasteiger partial charge on any atom is 0.191 e. The van der Waals surface area contributed by atoms with Crippen molar-refractivity contribution in [3.63, 3.8) is 0 Å². The SMILES string of the molecule is CN=C(NCCc1c[nH]c2ccccc12)NCCn1cccn1. The van der Waals surface area contributed by atoms with Crippen molar-refractivity contribution < 1.29 is 0 Å².